The Balaban J connectivity index is 3.10. The maximum absolute atomic E-state index is 5.59. The first-order valence-corrected chi connectivity index (χ1v) is 5.86. The Hall–Kier alpha value is 0.427. The Labute approximate surface area is 56.2 Å². The molecule has 0 fully saturated rings. The summed E-state index contributed by atoms with van der Waals surface area (Å²) in [5.41, 5.74) is 0. The first-order valence-electron chi connectivity index (χ1n) is 2.49. The first kappa shape index (κ1) is 8.43. The Kier molecular flexibility index (Phi) is 4.55. The van der Waals surface area contributed by atoms with E-state index >= 15 is 0 Å². The van der Waals surface area contributed by atoms with Crippen LogP contribution in [0.3, 0.4) is 0 Å². The van der Waals surface area contributed by atoms with Crippen molar-refractivity contribution < 1.29 is 9.16 Å². The van der Waals surface area contributed by atoms with Crippen LogP contribution in [-0.4, -0.2) is 21.7 Å². The van der Waals surface area contributed by atoms with Crippen molar-refractivity contribution in [1.82, 2.24) is 0 Å². The van der Waals surface area contributed by atoms with E-state index in [2.05, 4.69) is 0 Å². The zero-order valence-corrected chi connectivity index (χ0v) is 7.26. The second kappa shape index (κ2) is 4.32. The Morgan fingerprint density at radius 2 is 2.12 bits per heavy atom. The fourth-order valence-corrected chi connectivity index (χ4v) is 1.39. The highest BCUT2D eigenvalue weighted by Gasteiger charge is 2.03. The van der Waals surface area contributed by atoms with Gasteiger partial charge in [0.2, 0.25) is 0 Å². The normalized spacial score (nSPS) is 18.0. The maximum atomic E-state index is 5.59. The van der Waals surface area contributed by atoms with E-state index in [1.165, 1.54) is 0 Å². The molecule has 0 aliphatic carbocycles. The molecule has 0 aromatic rings. The molecule has 0 aromatic carbocycles. The number of halogens is 1. The van der Waals surface area contributed by atoms with E-state index in [9.17, 15) is 0 Å². The highest BCUT2D eigenvalue weighted by Crippen LogP contribution is 1.97. The molecule has 0 rings (SSSR count). The minimum absolute atomic E-state index is 0.144. The van der Waals surface area contributed by atoms with Crippen molar-refractivity contribution in [3.63, 3.8) is 0 Å². The molecule has 2 nitrogen and oxygen atoms in total. The summed E-state index contributed by atoms with van der Waals surface area (Å²) in [6.07, 6.45) is -0.144. The summed E-state index contributed by atoms with van der Waals surface area (Å²) in [4.78, 5) is 0. The summed E-state index contributed by atoms with van der Waals surface area (Å²) < 4.78 is 9.87. The van der Waals surface area contributed by atoms with Crippen LogP contribution >= 0.6 is 11.1 Å². The minimum atomic E-state index is -1.40. The lowest BCUT2D eigenvalue weighted by atomic mass is 10.8. The van der Waals surface area contributed by atoms with Gasteiger partial charge >= 0.3 is 0 Å². The molecule has 8 heavy (non-hydrogen) atoms. The topological polar surface area (TPSA) is 18.5 Å². The highest BCUT2D eigenvalue weighted by atomic mass is 35.6. The zero-order chi connectivity index (χ0) is 6.57. The Morgan fingerprint density at radius 1 is 1.62 bits per heavy atom. The molecule has 0 aromatic heterocycles. The van der Waals surface area contributed by atoms with Crippen molar-refractivity contribution in [2.75, 3.05) is 7.11 Å². The monoisotopic (exact) mass is 154 g/mol. The van der Waals surface area contributed by atoms with Gasteiger partial charge < -0.3 is 9.16 Å². The average molecular weight is 155 g/mol. The van der Waals surface area contributed by atoms with Crippen molar-refractivity contribution in [1.29, 1.82) is 0 Å². The Morgan fingerprint density at radius 3 is 2.25 bits per heavy atom. The summed E-state index contributed by atoms with van der Waals surface area (Å²) in [6.45, 7) is 3.71. The van der Waals surface area contributed by atoms with Crippen molar-refractivity contribution in [3.8, 4) is 0 Å². The van der Waals surface area contributed by atoms with Crippen LogP contribution in [0.5, 0.6) is 0 Å². The third-order valence-corrected chi connectivity index (χ3v) is 1.78. The summed E-state index contributed by atoms with van der Waals surface area (Å²) in [6, 6.07) is 0. The van der Waals surface area contributed by atoms with Gasteiger partial charge in [-0.3, -0.25) is 0 Å². The third-order valence-electron chi connectivity index (χ3n) is 0.711. The van der Waals surface area contributed by atoms with Crippen LogP contribution in [0.25, 0.3) is 0 Å². The number of ether oxygens (including phenoxy) is 1. The molecule has 0 saturated heterocycles. The van der Waals surface area contributed by atoms with Gasteiger partial charge in [-0.05, 0) is 13.5 Å². The summed E-state index contributed by atoms with van der Waals surface area (Å²) in [5.74, 6) is 0. The van der Waals surface area contributed by atoms with E-state index in [1.807, 2.05) is 13.5 Å². The molecule has 4 heteroatoms. The molecule has 0 amide bonds. The van der Waals surface area contributed by atoms with Crippen molar-refractivity contribution in [2.45, 2.75) is 19.8 Å². The SMILES string of the molecule is COC(C)O[SiH](C)Cl. The maximum Gasteiger partial charge on any atom is 0.274 e. The van der Waals surface area contributed by atoms with Crippen LogP contribution in [0, 0.1) is 0 Å². The molecule has 0 spiro atoms. The van der Waals surface area contributed by atoms with E-state index in [-0.39, 0.29) is 6.29 Å². The fraction of sp³-hybridized carbons (Fsp3) is 1.00. The van der Waals surface area contributed by atoms with Crippen LogP contribution in [0.4, 0.5) is 0 Å². The minimum Gasteiger partial charge on any atom is -0.381 e. The molecule has 2 atom stereocenters. The highest BCUT2D eigenvalue weighted by molar-refractivity contribution is 7.02. The molecule has 0 aliphatic rings. The van der Waals surface area contributed by atoms with Crippen molar-refractivity contribution in [2.24, 2.45) is 0 Å². The fourth-order valence-electron chi connectivity index (χ4n) is 0.320. The molecule has 0 saturated carbocycles. The number of hydrogen-bond donors (Lipinski definition) is 0. The molecule has 0 bridgehead atoms. The standard InChI is InChI=1S/C4H11ClO2Si/c1-4(6-2)7-8(3)5/h4,8H,1-3H3. The van der Waals surface area contributed by atoms with Crippen molar-refractivity contribution in [3.05, 3.63) is 0 Å². The van der Waals surface area contributed by atoms with Crippen LogP contribution in [0.15, 0.2) is 0 Å². The van der Waals surface area contributed by atoms with Crippen LogP contribution in [0.1, 0.15) is 6.92 Å². The molecule has 0 N–H and O–H groups in total. The predicted octanol–water partition coefficient (Wildman–Crippen LogP) is 1.08. The molecule has 50 valence electrons. The largest absolute Gasteiger partial charge is 0.381 e. The van der Waals surface area contributed by atoms with E-state index < -0.39 is 8.35 Å². The lowest BCUT2D eigenvalue weighted by Gasteiger charge is -2.11. The third kappa shape index (κ3) is 4.58. The van der Waals surface area contributed by atoms with Gasteiger partial charge in [0.25, 0.3) is 8.35 Å². The van der Waals surface area contributed by atoms with Gasteiger partial charge in [-0.25, -0.2) is 0 Å². The van der Waals surface area contributed by atoms with Crippen LogP contribution < -0.4 is 0 Å². The average Bonchev–Trinajstić information content (AvgIpc) is 1.65. The van der Waals surface area contributed by atoms with Gasteiger partial charge in [-0.15, -0.1) is 11.1 Å². The Bertz CT molecular complexity index is 60.0. The van der Waals surface area contributed by atoms with Gasteiger partial charge in [0, 0.05) is 7.11 Å². The van der Waals surface area contributed by atoms with Gasteiger partial charge in [0.15, 0.2) is 0 Å². The lowest BCUT2D eigenvalue weighted by Crippen LogP contribution is -2.17. The molecule has 2 unspecified atom stereocenters. The van der Waals surface area contributed by atoms with Crippen molar-refractivity contribution >= 4 is 19.4 Å². The zero-order valence-electron chi connectivity index (χ0n) is 5.35. The van der Waals surface area contributed by atoms with E-state index in [0.29, 0.717) is 0 Å². The second-order valence-corrected chi connectivity index (χ2v) is 4.68. The second-order valence-electron chi connectivity index (χ2n) is 1.48. The summed E-state index contributed by atoms with van der Waals surface area (Å²) in [5, 5.41) is 0. The van der Waals surface area contributed by atoms with Gasteiger partial charge in [-0.2, -0.15) is 0 Å². The van der Waals surface area contributed by atoms with Gasteiger partial charge in [0.05, 0.1) is 0 Å². The van der Waals surface area contributed by atoms with E-state index in [0.717, 1.165) is 0 Å². The first-order chi connectivity index (χ1) is 3.66. The number of rotatable bonds is 3. The molecular weight excluding hydrogens is 144 g/mol. The van der Waals surface area contributed by atoms with E-state index in [1.54, 1.807) is 7.11 Å². The smallest absolute Gasteiger partial charge is 0.274 e. The molecular formula is C4H11ClO2Si. The molecule has 0 heterocycles. The summed E-state index contributed by atoms with van der Waals surface area (Å²) in [7, 11) is 0.197. The van der Waals surface area contributed by atoms with Gasteiger partial charge in [-0.1, -0.05) is 0 Å². The summed E-state index contributed by atoms with van der Waals surface area (Å²) >= 11 is 5.59. The molecule has 0 aliphatic heterocycles. The predicted molar refractivity (Wildman–Crippen MR) is 36.4 cm³/mol. The molecule has 0 radical (unpaired) electrons. The number of methoxy groups -OCH3 is 1. The van der Waals surface area contributed by atoms with Gasteiger partial charge in [0.1, 0.15) is 6.29 Å². The number of hydrogen-bond acceptors (Lipinski definition) is 2. The lowest BCUT2D eigenvalue weighted by molar-refractivity contribution is -0.0380. The van der Waals surface area contributed by atoms with Crippen LogP contribution in [-0.2, 0) is 9.16 Å². The van der Waals surface area contributed by atoms with Crippen LogP contribution in [0.2, 0.25) is 6.55 Å². The quantitative estimate of drug-likeness (QED) is 0.344. The van der Waals surface area contributed by atoms with E-state index in [4.69, 9.17) is 20.2 Å².